The van der Waals surface area contributed by atoms with Crippen LogP contribution < -0.4 is 11.2 Å². The fourth-order valence-corrected chi connectivity index (χ4v) is 3.40. The van der Waals surface area contributed by atoms with Crippen LogP contribution in [0.15, 0.2) is 52.2 Å². The molecule has 2 aromatic rings. The summed E-state index contributed by atoms with van der Waals surface area (Å²) >= 11 is 0. The van der Waals surface area contributed by atoms with Gasteiger partial charge in [0.1, 0.15) is 5.78 Å². The molecule has 0 spiro atoms. The number of rotatable bonds is 6. The van der Waals surface area contributed by atoms with Gasteiger partial charge < -0.3 is 9.47 Å². The van der Waals surface area contributed by atoms with Crippen molar-refractivity contribution in [3.05, 3.63) is 69.0 Å². The fourth-order valence-electron chi connectivity index (χ4n) is 3.40. The molecule has 1 aromatic heterocycles. The average Bonchev–Trinajstić information content (AvgIpc) is 2.68. The molecule has 1 atom stereocenters. The van der Waals surface area contributed by atoms with E-state index in [2.05, 4.69) is 4.98 Å². The van der Waals surface area contributed by atoms with Crippen molar-refractivity contribution in [2.75, 3.05) is 13.1 Å². The molecule has 0 bridgehead atoms. The summed E-state index contributed by atoms with van der Waals surface area (Å²) in [4.78, 5) is 51.7. The van der Waals surface area contributed by atoms with E-state index in [0.29, 0.717) is 19.5 Å². The van der Waals surface area contributed by atoms with Crippen LogP contribution in [-0.2, 0) is 22.6 Å². The Morgan fingerprint density at radius 2 is 1.89 bits per heavy atom. The van der Waals surface area contributed by atoms with E-state index in [1.54, 1.807) is 4.90 Å². The lowest BCUT2D eigenvalue weighted by atomic mass is 9.90. The van der Waals surface area contributed by atoms with Crippen LogP contribution in [0.2, 0.25) is 0 Å². The largest absolute Gasteiger partial charge is 0.342 e. The van der Waals surface area contributed by atoms with Crippen molar-refractivity contribution in [1.82, 2.24) is 14.5 Å². The van der Waals surface area contributed by atoms with Crippen molar-refractivity contribution >= 4 is 11.7 Å². The number of nitrogens with one attached hydrogen (secondary N) is 1. The SMILES string of the molecule is O=C(Cc1ccccc1)[C@@H]1CCCN(C(=O)CCn2ccc(=O)[nH]c2=O)C1. The van der Waals surface area contributed by atoms with Gasteiger partial charge in [0, 0.05) is 50.7 Å². The van der Waals surface area contributed by atoms with Crippen LogP contribution in [-0.4, -0.2) is 39.2 Å². The number of nitrogens with zero attached hydrogens (tertiary/aromatic N) is 2. The molecule has 1 N–H and O–H groups in total. The van der Waals surface area contributed by atoms with Crippen molar-refractivity contribution in [3.8, 4) is 0 Å². The number of amides is 1. The highest BCUT2D eigenvalue weighted by Crippen LogP contribution is 2.20. The van der Waals surface area contributed by atoms with Crippen LogP contribution in [0.1, 0.15) is 24.8 Å². The molecule has 1 amide bonds. The van der Waals surface area contributed by atoms with E-state index < -0.39 is 11.2 Å². The van der Waals surface area contributed by atoms with E-state index in [0.717, 1.165) is 18.4 Å². The summed E-state index contributed by atoms with van der Waals surface area (Å²) in [6.07, 6.45) is 3.53. The summed E-state index contributed by atoms with van der Waals surface area (Å²) < 4.78 is 1.31. The van der Waals surface area contributed by atoms with Gasteiger partial charge in [0.25, 0.3) is 5.56 Å². The second-order valence-corrected chi connectivity index (χ2v) is 6.86. The first-order valence-electron chi connectivity index (χ1n) is 9.17. The maximum absolute atomic E-state index is 12.6. The summed E-state index contributed by atoms with van der Waals surface area (Å²) in [6.45, 7) is 1.27. The van der Waals surface area contributed by atoms with E-state index in [1.807, 2.05) is 30.3 Å². The molecular weight excluding hydrogens is 346 g/mol. The molecule has 7 heteroatoms. The third-order valence-corrected chi connectivity index (χ3v) is 4.91. The maximum atomic E-state index is 12.6. The van der Waals surface area contributed by atoms with Gasteiger partial charge >= 0.3 is 5.69 Å². The van der Waals surface area contributed by atoms with E-state index in [1.165, 1.54) is 16.8 Å². The number of carbonyl (C=O) groups is 2. The number of H-pyrrole nitrogens is 1. The minimum absolute atomic E-state index is 0.0784. The molecule has 1 aliphatic rings. The van der Waals surface area contributed by atoms with Crippen molar-refractivity contribution in [2.45, 2.75) is 32.2 Å². The number of Topliss-reactive ketones (excluding diaryl/α,β-unsaturated/α-hetero) is 1. The smallest absolute Gasteiger partial charge is 0.328 e. The van der Waals surface area contributed by atoms with Crippen LogP contribution in [0.5, 0.6) is 0 Å². The summed E-state index contributed by atoms with van der Waals surface area (Å²) in [5.41, 5.74) is 0.00614. The summed E-state index contributed by atoms with van der Waals surface area (Å²) in [5, 5.41) is 0. The number of aromatic amines is 1. The fraction of sp³-hybridized carbons (Fsp3) is 0.400. The molecule has 0 radical (unpaired) electrons. The zero-order valence-electron chi connectivity index (χ0n) is 15.1. The second kappa shape index (κ2) is 8.62. The quantitative estimate of drug-likeness (QED) is 0.821. The van der Waals surface area contributed by atoms with Gasteiger partial charge in [-0.3, -0.25) is 19.4 Å². The van der Waals surface area contributed by atoms with Crippen LogP contribution in [0.3, 0.4) is 0 Å². The third-order valence-electron chi connectivity index (χ3n) is 4.91. The first-order valence-corrected chi connectivity index (χ1v) is 9.17. The van der Waals surface area contributed by atoms with Crippen molar-refractivity contribution < 1.29 is 9.59 Å². The Labute approximate surface area is 156 Å². The van der Waals surface area contributed by atoms with Gasteiger partial charge in [0.05, 0.1) is 0 Å². The molecule has 142 valence electrons. The Morgan fingerprint density at radius 1 is 1.11 bits per heavy atom. The Hall–Kier alpha value is -2.96. The Kier molecular flexibility index (Phi) is 6.01. The molecule has 0 aliphatic carbocycles. The summed E-state index contributed by atoms with van der Waals surface area (Å²) in [6, 6.07) is 10.9. The average molecular weight is 369 g/mol. The number of benzene rings is 1. The normalized spacial score (nSPS) is 16.9. The number of ketones is 1. The lowest BCUT2D eigenvalue weighted by molar-refractivity contribution is -0.135. The number of likely N-dealkylation sites (tertiary alicyclic amines) is 1. The van der Waals surface area contributed by atoms with Crippen molar-refractivity contribution in [3.63, 3.8) is 0 Å². The topological polar surface area (TPSA) is 92.2 Å². The first kappa shape index (κ1) is 18.8. The molecule has 3 rings (SSSR count). The van der Waals surface area contributed by atoms with E-state index in [-0.39, 0.29) is 30.6 Å². The first-order chi connectivity index (χ1) is 13.0. The van der Waals surface area contributed by atoms with Gasteiger partial charge in [0.15, 0.2) is 0 Å². The van der Waals surface area contributed by atoms with Gasteiger partial charge in [-0.15, -0.1) is 0 Å². The molecule has 27 heavy (non-hydrogen) atoms. The number of aromatic nitrogens is 2. The predicted octanol–water partition coefficient (Wildman–Crippen LogP) is 0.977. The molecule has 0 unspecified atom stereocenters. The number of hydrogen-bond donors (Lipinski definition) is 1. The lowest BCUT2D eigenvalue weighted by Crippen LogP contribution is -2.43. The third kappa shape index (κ3) is 5.03. The molecule has 7 nitrogen and oxygen atoms in total. The van der Waals surface area contributed by atoms with E-state index in [9.17, 15) is 19.2 Å². The maximum Gasteiger partial charge on any atom is 0.328 e. The van der Waals surface area contributed by atoms with Gasteiger partial charge in [0.2, 0.25) is 5.91 Å². The van der Waals surface area contributed by atoms with E-state index >= 15 is 0 Å². The van der Waals surface area contributed by atoms with Crippen molar-refractivity contribution in [1.29, 1.82) is 0 Å². The molecule has 1 aromatic carbocycles. The monoisotopic (exact) mass is 369 g/mol. The van der Waals surface area contributed by atoms with Crippen molar-refractivity contribution in [2.24, 2.45) is 5.92 Å². The highest BCUT2D eigenvalue weighted by Gasteiger charge is 2.28. The highest BCUT2D eigenvalue weighted by atomic mass is 16.2. The van der Waals surface area contributed by atoms with Gasteiger partial charge in [-0.2, -0.15) is 0 Å². The van der Waals surface area contributed by atoms with Crippen LogP contribution in [0.4, 0.5) is 0 Å². The zero-order valence-corrected chi connectivity index (χ0v) is 15.1. The number of aryl methyl sites for hydroxylation is 1. The molecule has 0 saturated carbocycles. The summed E-state index contributed by atoms with van der Waals surface area (Å²) in [5.74, 6) is -0.0560. The molecule has 1 saturated heterocycles. The molecule has 1 fully saturated rings. The van der Waals surface area contributed by atoms with Crippen LogP contribution in [0.25, 0.3) is 0 Å². The van der Waals surface area contributed by atoms with Gasteiger partial charge in [-0.1, -0.05) is 30.3 Å². The number of hydrogen-bond acceptors (Lipinski definition) is 4. The molecular formula is C20H23N3O4. The highest BCUT2D eigenvalue weighted by molar-refractivity contribution is 5.84. The van der Waals surface area contributed by atoms with E-state index in [4.69, 9.17) is 0 Å². The lowest BCUT2D eigenvalue weighted by Gasteiger charge is -2.32. The minimum atomic E-state index is -0.523. The second-order valence-electron chi connectivity index (χ2n) is 6.86. The number of carbonyl (C=O) groups excluding carboxylic acids is 2. The predicted molar refractivity (Wildman–Crippen MR) is 100 cm³/mol. The Balaban J connectivity index is 1.55. The van der Waals surface area contributed by atoms with Gasteiger partial charge in [-0.05, 0) is 18.4 Å². The summed E-state index contributed by atoms with van der Waals surface area (Å²) in [7, 11) is 0. The van der Waals surface area contributed by atoms with Gasteiger partial charge in [-0.25, -0.2) is 4.79 Å². The van der Waals surface area contributed by atoms with Crippen LogP contribution in [0, 0.1) is 5.92 Å². The Morgan fingerprint density at radius 3 is 2.63 bits per heavy atom. The number of piperidine rings is 1. The zero-order chi connectivity index (χ0) is 19.2. The minimum Gasteiger partial charge on any atom is -0.342 e. The van der Waals surface area contributed by atoms with Crippen LogP contribution >= 0.6 is 0 Å². The molecule has 1 aliphatic heterocycles. The Bertz CT molecular complexity index is 917. The molecule has 2 heterocycles. The standard InChI is InChI=1S/C20H23N3O4/c24-17(13-15-5-2-1-3-6-15)16-7-4-10-23(14-16)19(26)9-12-22-11-8-18(25)21-20(22)27/h1-3,5-6,8,11,16H,4,7,9-10,12-14H2,(H,21,25,27)/t16-/m1/s1.